The lowest BCUT2D eigenvalue weighted by Gasteiger charge is -2.08. The maximum absolute atomic E-state index is 12.0. The summed E-state index contributed by atoms with van der Waals surface area (Å²) in [6.07, 6.45) is 1.39. The maximum Gasteiger partial charge on any atom is 0.232 e. The predicted molar refractivity (Wildman–Crippen MR) is 88.1 cm³/mol. The number of hydrogen-bond donors (Lipinski definition) is 1. The summed E-state index contributed by atoms with van der Waals surface area (Å²) in [5.74, 6) is 0.134. The van der Waals surface area contributed by atoms with Crippen LogP contribution in [0.4, 0.5) is 5.69 Å². The van der Waals surface area contributed by atoms with Crippen LogP contribution in [0.3, 0.4) is 0 Å². The first kappa shape index (κ1) is 15.6. The number of sulfonamides is 1. The van der Waals surface area contributed by atoms with E-state index in [9.17, 15) is 8.42 Å². The molecule has 2 aromatic rings. The minimum Gasteiger partial charge on any atom is -0.284 e. The molecule has 4 heteroatoms. The Labute approximate surface area is 127 Å². The Kier molecular flexibility index (Phi) is 5.02. The lowest BCUT2D eigenvalue weighted by atomic mass is 10.0. The molecule has 0 radical (unpaired) electrons. The molecule has 1 N–H and O–H groups in total. The SMILES string of the molecule is Cc1cc(C)cc(CCCS(=O)(=O)Nc2ccccc2)c1. The van der Waals surface area contributed by atoms with E-state index in [1.165, 1.54) is 16.7 Å². The third-order valence-corrected chi connectivity index (χ3v) is 4.58. The normalized spacial score (nSPS) is 11.3. The van der Waals surface area contributed by atoms with E-state index in [2.05, 4.69) is 36.8 Å². The van der Waals surface area contributed by atoms with Crippen molar-refractivity contribution in [3.05, 3.63) is 65.2 Å². The van der Waals surface area contributed by atoms with E-state index in [-0.39, 0.29) is 5.75 Å². The van der Waals surface area contributed by atoms with Crippen LogP contribution in [0.5, 0.6) is 0 Å². The van der Waals surface area contributed by atoms with Crippen molar-refractivity contribution in [3.63, 3.8) is 0 Å². The molecule has 112 valence electrons. The average molecular weight is 303 g/mol. The van der Waals surface area contributed by atoms with E-state index in [1.807, 2.05) is 18.2 Å². The molecule has 2 aromatic carbocycles. The van der Waals surface area contributed by atoms with Gasteiger partial charge in [0.1, 0.15) is 0 Å². The molecule has 0 saturated carbocycles. The van der Waals surface area contributed by atoms with Gasteiger partial charge in [-0.3, -0.25) is 4.72 Å². The van der Waals surface area contributed by atoms with Crippen LogP contribution in [0, 0.1) is 13.8 Å². The first-order chi connectivity index (χ1) is 9.94. The lowest BCUT2D eigenvalue weighted by Crippen LogP contribution is -2.17. The van der Waals surface area contributed by atoms with Gasteiger partial charge < -0.3 is 0 Å². The highest BCUT2D eigenvalue weighted by Gasteiger charge is 2.10. The molecule has 0 heterocycles. The Bertz CT molecular complexity index is 674. The molecule has 0 amide bonds. The van der Waals surface area contributed by atoms with E-state index in [1.54, 1.807) is 12.1 Å². The minimum atomic E-state index is -3.28. The summed E-state index contributed by atoms with van der Waals surface area (Å²) in [5.41, 5.74) is 4.25. The zero-order valence-electron chi connectivity index (χ0n) is 12.5. The highest BCUT2D eigenvalue weighted by atomic mass is 32.2. The van der Waals surface area contributed by atoms with Crippen LogP contribution in [0.2, 0.25) is 0 Å². The number of aryl methyl sites for hydroxylation is 3. The Hall–Kier alpha value is -1.81. The maximum atomic E-state index is 12.0. The number of nitrogens with one attached hydrogen (secondary N) is 1. The molecule has 0 aliphatic rings. The van der Waals surface area contributed by atoms with Gasteiger partial charge in [0, 0.05) is 5.69 Å². The minimum absolute atomic E-state index is 0.134. The molecule has 0 spiro atoms. The van der Waals surface area contributed by atoms with Crippen LogP contribution in [-0.4, -0.2) is 14.2 Å². The number of hydrogen-bond acceptors (Lipinski definition) is 2. The van der Waals surface area contributed by atoms with Crippen LogP contribution in [0.25, 0.3) is 0 Å². The first-order valence-corrected chi connectivity index (χ1v) is 8.72. The summed E-state index contributed by atoms with van der Waals surface area (Å²) in [7, 11) is -3.28. The summed E-state index contributed by atoms with van der Waals surface area (Å²) >= 11 is 0. The summed E-state index contributed by atoms with van der Waals surface area (Å²) in [6.45, 7) is 4.12. The van der Waals surface area contributed by atoms with E-state index < -0.39 is 10.0 Å². The van der Waals surface area contributed by atoms with Crippen molar-refractivity contribution in [2.75, 3.05) is 10.5 Å². The van der Waals surface area contributed by atoms with Crippen LogP contribution in [0.1, 0.15) is 23.1 Å². The van der Waals surface area contributed by atoms with E-state index in [0.29, 0.717) is 12.1 Å². The summed E-state index contributed by atoms with van der Waals surface area (Å²) in [6, 6.07) is 15.3. The number of para-hydroxylation sites is 1. The molecule has 0 aliphatic carbocycles. The van der Waals surface area contributed by atoms with Gasteiger partial charge in [0.05, 0.1) is 5.75 Å². The van der Waals surface area contributed by atoms with Gasteiger partial charge in [0.15, 0.2) is 0 Å². The molecule has 0 aliphatic heterocycles. The highest BCUT2D eigenvalue weighted by Crippen LogP contribution is 2.13. The molecule has 0 aromatic heterocycles. The Balaban J connectivity index is 1.90. The average Bonchev–Trinajstić information content (AvgIpc) is 2.37. The zero-order chi connectivity index (χ0) is 15.3. The quantitative estimate of drug-likeness (QED) is 0.885. The third-order valence-electron chi connectivity index (χ3n) is 3.21. The molecule has 2 rings (SSSR count). The summed E-state index contributed by atoms with van der Waals surface area (Å²) in [4.78, 5) is 0. The van der Waals surface area contributed by atoms with Crippen molar-refractivity contribution in [3.8, 4) is 0 Å². The van der Waals surface area contributed by atoms with Gasteiger partial charge >= 0.3 is 0 Å². The van der Waals surface area contributed by atoms with Gasteiger partial charge in [-0.1, -0.05) is 47.5 Å². The van der Waals surface area contributed by atoms with Crippen molar-refractivity contribution in [2.24, 2.45) is 0 Å². The van der Waals surface area contributed by atoms with Gasteiger partial charge in [-0.25, -0.2) is 8.42 Å². The monoisotopic (exact) mass is 303 g/mol. The molecule has 0 saturated heterocycles. The van der Waals surface area contributed by atoms with Crippen LogP contribution in [-0.2, 0) is 16.4 Å². The number of rotatable bonds is 6. The van der Waals surface area contributed by atoms with Gasteiger partial charge in [-0.15, -0.1) is 0 Å². The molecule has 0 unspecified atom stereocenters. The fraction of sp³-hybridized carbons (Fsp3) is 0.294. The predicted octanol–water partition coefficient (Wildman–Crippen LogP) is 3.68. The Morgan fingerprint density at radius 3 is 2.19 bits per heavy atom. The third kappa shape index (κ3) is 5.23. The second kappa shape index (κ2) is 6.76. The van der Waals surface area contributed by atoms with Gasteiger partial charge in [0.25, 0.3) is 0 Å². The first-order valence-electron chi connectivity index (χ1n) is 7.07. The fourth-order valence-corrected chi connectivity index (χ4v) is 3.54. The van der Waals surface area contributed by atoms with Gasteiger partial charge in [-0.2, -0.15) is 0 Å². The highest BCUT2D eigenvalue weighted by molar-refractivity contribution is 7.92. The van der Waals surface area contributed by atoms with Crippen molar-refractivity contribution < 1.29 is 8.42 Å². The Morgan fingerprint density at radius 1 is 0.952 bits per heavy atom. The van der Waals surface area contributed by atoms with Crippen molar-refractivity contribution in [2.45, 2.75) is 26.7 Å². The largest absolute Gasteiger partial charge is 0.284 e. The lowest BCUT2D eigenvalue weighted by molar-refractivity contribution is 0.598. The topological polar surface area (TPSA) is 46.2 Å². The van der Waals surface area contributed by atoms with Gasteiger partial charge in [0.2, 0.25) is 10.0 Å². The van der Waals surface area contributed by atoms with Crippen LogP contribution >= 0.6 is 0 Å². The summed E-state index contributed by atoms with van der Waals surface area (Å²) < 4.78 is 26.6. The van der Waals surface area contributed by atoms with Crippen molar-refractivity contribution >= 4 is 15.7 Å². The summed E-state index contributed by atoms with van der Waals surface area (Å²) in [5, 5.41) is 0. The molecule has 3 nitrogen and oxygen atoms in total. The second-order valence-corrected chi connectivity index (χ2v) is 7.23. The molecule has 0 atom stereocenters. The van der Waals surface area contributed by atoms with E-state index in [4.69, 9.17) is 0 Å². The standard InChI is InChI=1S/C17H21NO2S/c1-14-11-15(2)13-16(12-14)7-6-10-21(19,20)18-17-8-4-3-5-9-17/h3-5,8-9,11-13,18H,6-7,10H2,1-2H3. The molecule has 21 heavy (non-hydrogen) atoms. The van der Waals surface area contributed by atoms with E-state index in [0.717, 1.165) is 6.42 Å². The molecule has 0 bridgehead atoms. The number of anilines is 1. The van der Waals surface area contributed by atoms with Crippen molar-refractivity contribution in [1.29, 1.82) is 0 Å². The van der Waals surface area contributed by atoms with Crippen molar-refractivity contribution in [1.82, 2.24) is 0 Å². The zero-order valence-corrected chi connectivity index (χ0v) is 13.3. The second-order valence-electron chi connectivity index (χ2n) is 5.39. The fourth-order valence-electron chi connectivity index (χ4n) is 2.42. The number of benzene rings is 2. The molecular formula is C17H21NO2S. The van der Waals surface area contributed by atoms with Gasteiger partial charge in [-0.05, 0) is 44.4 Å². The van der Waals surface area contributed by atoms with Crippen LogP contribution < -0.4 is 4.72 Å². The molecule has 0 fully saturated rings. The Morgan fingerprint density at radius 2 is 1.57 bits per heavy atom. The molecular weight excluding hydrogens is 282 g/mol. The van der Waals surface area contributed by atoms with Crippen LogP contribution in [0.15, 0.2) is 48.5 Å². The van der Waals surface area contributed by atoms with E-state index >= 15 is 0 Å². The smallest absolute Gasteiger partial charge is 0.232 e.